The van der Waals surface area contributed by atoms with Gasteiger partial charge in [-0.15, -0.1) is 0 Å². The third-order valence-corrected chi connectivity index (χ3v) is 4.37. The van der Waals surface area contributed by atoms with Crippen molar-refractivity contribution in [2.24, 2.45) is 5.92 Å². The fourth-order valence-electron chi connectivity index (χ4n) is 2.14. The van der Waals surface area contributed by atoms with E-state index in [1.165, 1.54) is 0 Å². The SMILES string of the molecule is Cc1ccc(Cl)cc1C(=O)N1CCC(CBr)C1. The number of amides is 1. The molecule has 1 saturated heterocycles. The number of aryl methyl sites for hydroxylation is 1. The first-order chi connectivity index (χ1) is 8.11. The Morgan fingerprint density at radius 2 is 2.35 bits per heavy atom. The van der Waals surface area contributed by atoms with Crippen molar-refractivity contribution in [3.63, 3.8) is 0 Å². The summed E-state index contributed by atoms with van der Waals surface area (Å²) >= 11 is 9.42. The van der Waals surface area contributed by atoms with Crippen LogP contribution in [-0.4, -0.2) is 29.2 Å². The molecule has 1 amide bonds. The largest absolute Gasteiger partial charge is 0.338 e. The second kappa shape index (κ2) is 5.40. The van der Waals surface area contributed by atoms with Gasteiger partial charge in [-0.3, -0.25) is 4.79 Å². The molecule has 0 N–H and O–H groups in total. The van der Waals surface area contributed by atoms with Crippen LogP contribution in [0.5, 0.6) is 0 Å². The molecule has 1 aromatic rings. The number of carbonyl (C=O) groups excluding carboxylic acids is 1. The number of halogens is 2. The summed E-state index contributed by atoms with van der Waals surface area (Å²) < 4.78 is 0. The Morgan fingerprint density at radius 3 is 3.00 bits per heavy atom. The molecule has 4 heteroatoms. The van der Waals surface area contributed by atoms with Crippen LogP contribution in [0.1, 0.15) is 22.3 Å². The average Bonchev–Trinajstić information content (AvgIpc) is 2.80. The number of hydrogen-bond acceptors (Lipinski definition) is 1. The van der Waals surface area contributed by atoms with E-state index in [1.54, 1.807) is 6.07 Å². The minimum atomic E-state index is 0.105. The van der Waals surface area contributed by atoms with Crippen molar-refractivity contribution in [3.05, 3.63) is 34.3 Å². The molecular formula is C13H15BrClNO. The van der Waals surface area contributed by atoms with Gasteiger partial charge in [0.25, 0.3) is 5.91 Å². The van der Waals surface area contributed by atoms with Crippen LogP contribution in [-0.2, 0) is 0 Å². The maximum Gasteiger partial charge on any atom is 0.254 e. The molecule has 1 fully saturated rings. The summed E-state index contributed by atoms with van der Waals surface area (Å²) in [6, 6.07) is 5.48. The van der Waals surface area contributed by atoms with Gasteiger partial charge in [-0.1, -0.05) is 33.6 Å². The van der Waals surface area contributed by atoms with Crippen molar-refractivity contribution < 1.29 is 4.79 Å². The van der Waals surface area contributed by atoms with E-state index in [9.17, 15) is 4.79 Å². The summed E-state index contributed by atoms with van der Waals surface area (Å²) in [6.45, 7) is 3.64. The van der Waals surface area contributed by atoms with Gasteiger partial charge >= 0.3 is 0 Å². The minimum Gasteiger partial charge on any atom is -0.338 e. The van der Waals surface area contributed by atoms with Crippen molar-refractivity contribution in [2.45, 2.75) is 13.3 Å². The van der Waals surface area contributed by atoms with Gasteiger partial charge in [0.15, 0.2) is 0 Å². The standard InChI is InChI=1S/C13H15BrClNO/c1-9-2-3-11(15)6-12(9)13(17)16-5-4-10(7-14)8-16/h2-3,6,10H,4-5,7-8H2,1H3. The lowest BCUT2D eigenvalue weighted by molar-refractivity contribution is 0.0787. The van der Waals surface area contributed by atoms with Crippen LogP contribution in [0.2, 0.25) is 5.02 Å². The fraction of sp³-hybridized carbons (Fsp3) is 0.462. The van der Waals surface area contributed by atoms with Crippen molar-refractivity contribution in [3.8, 4) is 0 Å². The van der Waals surface area contributed by atoms with E-state index in [0.29, 0.717) is 10.9 Å². The number of rotatable bonds is 2. The molecule has 0 spiro atoms. The number of nitrogens with zero attached hydrogens (tertiary/aromatic N) is 1. The quantitative estimate of drug-likeness (QED) is 0.765. The van der Waals surface area contributed by atoms with E-state index >= 15 is 0 Å². The first-order valence-corrected chi connectivity index (χ1v) is 7.23. The number of hydrogen-bond donors (Lipinski definition) is 0. The van der Waals surface area contributed by atoms with Crippen LogP contribution in [0.4, 0.5) is 0 Å². The van der Waals surface area contributed by atoms with E-state index in [4.69, 9.17) is 11.6 Å². The summed E-state index contributed by atoms with van der Waals surface area (Å²) in [7, 11) is 0. The van der Waals surface area contributed by atoms with Crippen molar-refractivity contribution in [2.75, 3.05) is 18.4 Å². The third-order valence-electron chi connectivity index (χ3n) is 3.22. The molecule has 1 aromatic carbocycles. The molecule has 17 heavy (non-hydrogen) atoms. The zero-order valence-corrected chi connectivity index (χ0v) is 12.1. The average molecular weight is 317 g/mol. The Labute approximate surface area is 115 Å². The van der Waals surface area contributed by atoms with Gasteiger partial charge in [0.1, 0.15) is 0 Å². The van der Waals surface area contributed by atoms with E-state index in [1.807, 2.05) is 24.0 Å². The molecule has 0 bridgehead atoms. The van der Waals surface area contributed by atoms with Gasteiger partial charge in [0, 0.05) is 29.0 Å². The summed E-state index contributed by atoms with van der Waals surface area (Å²) in [5.41, 5.74) is 1.72. The highest BCUT2D eigenvalue weighted by Gasteiger charge is 2.26. The Kier molecular flexibility index (Phi) is 4.10. The molecule has 2 nitrogen and oxygen atoms in total. The minimum absolute atomic E-state index is 0.105. The maximum atomic E-state index is 12.3. The molecule has 92 valence electrons. The molecule has 0 aromatic heterocycles. The van der Waals surface area contributed by atoms with Crippen LogP contribution in [0.3, 0.4) is 0 Å². The summed E-state index contributed by atoms with van der Waals surface area (Å²) in [6.07, 6.45) is 1.08. The molecule has 1 atom stereocenters. The van der Waals surface area contributed by atoms with Gasteiger partial charge in [0.05, 0.1) is 0 Å². The van der Waals surface area contributed by atoms with E-state index < -0.39 is 0 Å². The highest BCUT2D eigenvalue weighted by Crippen LogP contribution is 2.23. The molecule has 0 radical (unpaired) electrons. The van der Waals surface area contributed by atoms with Crippen LogP contribution >= 0.6 is 27.5 Å². The van der Waals surface area contributed by atoms with Crippen LogP contribution in [0, 0.1) is 12.8 Å². The molecule has 1 aliphatic heterocycles. The summed E-state index contributed by atoms with van der Waals surface area (Å²) in [5.74, 6) is 0.687. The zero-order chi connectivity index (χ0) is 12.4. The maximum absolute atomic E-state index is 12.3. The predicted octanol–water partition coefficient (Wildman–Crippen LogP) is 3.51. The molecule has 2 rings (SSSR count). The smallest absolute Gasteiger partial charge is 0.254 e. The first kappa shape index (κ1) is 12.9. The molecule has 1 heterocycles. The van der Waals surface area contributed by atoms with Crippen LogP contribution < -0.4 is 0 Å². The Hall–Kier alpha value is -0.540. The van der Waals surface area contributed by atoms with Gasteiger partial charge in [-0.2, -0.15) is 0 Å². The Morgan fingerprint density at radius 1 is 1.59 bits per heavy atom. The lowest BCUT2D eigenvalue weighted by atomic mass is 10.1. The van der Waals surface area contributed by atoms with Gasteiger partial charge in [0.2, 0.25) is 0 Å². The van der Waals surface area contributed by atoms with E-state index in [0.717, 1.165) is 36.0 Å². The molecule has 1 aliphatic rings. The van der Waals surface area contributed by atoms with Gasteiger partial charge in [-0.25, -0.2) is 0 Å². The van der Waals surface area contributed by atoms with Crippen molar-refractivity contribution >= 4 is 33.4 Å². The summed E-state index contributed by atoms with van der Waals surface area (Å²) in [5, 5.41) is 1.58. The monoisotopic (exact) mass is 315 g/mol. The highest BCUT2D eigenvalue weighted by molar-refractivity contribution is 9.09. The second-order valence-electron chi connectivity index (χ2n) is 4.52. The number of carbonyl (C=O) groups is 1. The number of benzene rings is 1. The predicted molar refractivity (Wildman–Crippen MR) is 74.0 cm³/mol. The van der Waals surface area contributed by atoms with Crippen molar-refractivity contribution in [1.29, 1.82) is 0 Å². The van der Waals surface area contributed by atoms with Crippen LogP contribution in [0.15, 0.2) is 18.2 Å². The normalized spacial score (nSPS) is 19.7. The summed E-state index contributed by atoms with van der Waals surface area (Å²) in [4.78, 5) is 14.3. The Balaban J connectivity index is 2.17. The lowest BCUT2D eigenvalue weighted by Crippen LogP contribution is -2.29. The topological polar surface area (TPSA) is 20.3 Å². The zero-order valence-electron chi connectivity index (χ0n) is 9.75. The van der Waals surface area contributed by atoms with Crippen LogP contribution in [0.25, 0.3) is 0 Å². The van der Waals surface area contributed by atoms with Gasteiger partial charge in [-0.05, 0) is 37.0 Å². The number of likely N-dealkylation sites (tertiary alicyclic amines) is 1. The Bertz CT molecular complexity index is 435. The number of alkyl halides is 1. The third kappa shape index (κ3) is 2.83. The fourth-order valence-corrected chi connectivity index (χ4v) is 2.84. The lowest BCUT2D eigenvalue weighted by Gasteiger charge is -2.17. The first-order valence-electron chi connectivity index (χ1n) is 5.73. The highest BCUT2D eigenvalue weighted by atomic mass is 79.9. The van der Waals surface area contributed by atoms with E-state index in [-0.39, 0.29) is 5.91 Å². The van der Waals surface area contributed by atoms with Gasteiger partial charge < -0.3 is 4.90 Å². The molecule has 0 aliphatic carbocycles. The van der Waals surface area contributed by atoms with Crippen molar-refractivity contribution in [1.82, 2.24) is 4.90 Å². The molecule has 0 saturated carbocycles. The second-order valence-corrected chi connectivity index (χ2v) is 5.60. The molecular weight excluding hydrogens is 302 g/mol. The van der Waals surface area contributed by atoms with E-state index in [2.05, 4.69) is 15.9 Å². The molecule has 1 unspecified atom stereocenters.